The Morgan fingerprint density at radius 3 is 2.35 bits per heavy atom. The first-order valence-electron chi connectivity index (χ1n) is 7.39. The second-order valence-corrected chi connectivity index (χ2v) is 6.13. The van der Waals surface area contributed by atoms with Gasteiger partial charge in [0.1, 0.15) is 0 Å². The monoisotopic (exact) mass is 292 g/mol. The van der Waals surface area contributed by atoms with Gasteiger partial charge in [-0.25, -0.2) is 0 Å². The number of amides is 1. The van der Waals surface area contributed by atoms with E-state index in [2.05, 4.69) is 0 Å². The molecule has 116 valence electrons. The first-order chi connectivity index (χ1) is 9.36. The van der Waals surface area contributed by atoms with Crippen molar-refractivity contribution in [3.05, 3.63) is 0 Å². The Morgan fingerprint density at radius 1 is 1.25 bits per heavy atom. The molecule has 2 aliphatic carbocycles. The number of halogens is 3. The van der Waals surface area contributed by atoms with Gasteiger partial charge in [0.15, 0.2) is 0 Å². The average molecular weight is 292 g/mol. The predicted molar refractivity (Wildman–Crippen MR) is 69.8 cm³/mol. The van der Waals surface area contributed by atoms with E-state index in [1.807, 2.05) is 0 Å². The lowest BCUT2D eigenvalue weighted by atomic mass is 9.77. The molecule has 2 fully saturated rings. The lowest BCUT2D eigenvalue weighted by Crippen LogP contribution is -2.49. The smallest absolute Gasteiger partial charge is 0.341 e. The van der Waals surface area contributed by atoms with Gasteiger partial charge in [0.05, 0.1) is 5.92 Å². The Bertz CT molecular complexity index is 355. The van der Waals surface area contributed by atoms with Crippen molar-refractivity contribution in [1.29, 1.82) is 0 Å². The van der Waals surface area contributed by atoms with E-state index in [9.17, 15) is 18.0 Å². The first kappa shape index (κ1) is 15.6. The quantitative estimate of drug-likeness (QED) is 0.865. The molecular weight excluding hydrogens is 269 g/mol. The van der Waals surface area contributed by atoms with Gasteiger partial charge in [0.2, 0.25) is 5.91 Å². The van der Waals surface area contributed by atoms with Crippen LogP contribution >= 0.6 is 0 Å². The molecule has 2 aliphatic rings. The summed E-state index contributed by atoms with van der Waals surface area (Å²) in [5, 5.41) is 0. The third kappa shape index (κ3) is 3.27. The van der Waals surface area contributed by atoms with Crippen molar-refractivity contribution in [2.45, 2.75) is 50.7 Å². The number of nitrogens with zero attached hydrogens (tertiary/aromatic N) is 1. The summed E-state index contributed by atoms with van der Waals surface area (Å²) in [6.07, 6.45) is -0.562. The average Bonchev–Trinajstić information content (AvgIpc) is 3.22. The van der Waals surface area contributed by atoms with Crippen LogP contribution in [0.4, 0.5) is 13.2 Å². The third-order valence-electron chi connectivity index (χ3n) is 4.76. The number of alkyl halides is 3. The van der Waals surface area contributed by atoms with Crippen molar-refractivity contribution in [3.8, 4) is 0 Å². The van der Waals surface area contributed by atoms with Crippen LogP contribution in [0.5, 0.6) is 0 Å². The SMILES string of the molecule is CN(C(=O)C1CCCCC1C(F)(F)F)C(CN)C1CC1. The zero-order valence-electron chi connectivity index (χ0n) is 11.8. The minimum absolute atomic E-state index is 0.0739. The van der Waals surface area contributed by atoms with Crippen LogP contribution in [0.15, 0.2) is 0 Å². The van der Waals surface area contributed by atoms with E-state index in [1.54, 1.807) is 7.05 Å². The van der Waals surface area contributed by atoms with E-state index in [-0.39, 0.29) is 18.4 Å². The number of nitrogens with two attached hydrogens (primary N) is 1. The summed E-state index contributed by atoms with van der Waals surface area (Å²) in [6.45, 7) is 0.330. The van der Waals surface area contributed by atoms with Crippen LogP contribution in [-0.2, 0) is 4.79 Å². The minimum Gasteiger partial charge on any atom is -0.341 e. The second kappa shape index (κ2) is 5.92. The molecular formula is C14H23F3N2O. The highest BCUT2D eigenvalue weighted by Crippen LogP contribution is 2.43. The van der Waals surface area contributed by atoms with Gasteiger partial charge in [0, 0.05) is 25.6 Å². The van der Waals surface area contributed by atoms with E-state index in [4.69, 9.17) is 5.73 Å². The lowest BCUT2D eigenvalue weighted by Gasteiger charge is -2.37. The van der Waals surface area contributed by atoms with Crippen LogP contribution in [0.3, 0.4) is 0 Å². The minimum atomic E-state index is -4.28. The van der Waals surface area contributed by atoms with Crippen LogP contribution in [0.1, 0.15) is 38.5 Å². The molecule has 0 saturated heterocycles. The molecule has 2 saturated carbocycles. The van der Waals surface area contributed by atoms with E-state index in [0.717, 1.165) is 12.8 Å². The predicted octanol–water partition coefficient (Wildman–Crippen LogP) is 2.55. The fraction of sp³-hybridized carbons (Fsp3) is 0.929. The zero-order valence-corrected chi connectivity index (χ0v) is 11.8. The summed E-state index contributed by atoms with van der Waals surface area (Å²) >= 11 is 0. The molecule has 0 aromatic rings. The van der Waals surface area contributed by atoms with Gasteiger partial charge in [-0.05, 0) is 31.6 Å². The van der Waals surface area contributed by atoms with Gasteiger partial charge in [-0.2, -0.15) is 13.2 Å². The van der Waals surface area contributed by atoms with Crippen LogP contribution < -0.4 is 5.73 Å². The van der Waals surface area contributed by atoms with Gasteiger partial charge in [-0.15, -0.1) is 0 Å². The molecule has 20 heavy (non-hydrogen) atoms. The Hall–Kier alpha value is -0.780. The Labute approximate surface area is 117 Å². The molecule has 0 heterocycles. The number of carbonyl (C=O) groups is 1. The Kier molecular flexibility index (Phi) is 4.62. The molecule has 0 aromatic heterocycles. The summed E-state index contributed by atoms with van der Waals surface area (Å²) in [4.78, 5) is 14.0. The summed E-state index contributed by atoms with van der Waals surface area (Å²) in [6, 6.07) is -0.0988. The number of carbonyl (C=O) groups excluding carboxylic acids is 1. The molecule has 0 aliphatic heterocycles. The summed E-state index contributed by atoms with van der Waals surface area (Å²) in [7, 11) is 1.61. The largest absolute Gasteiger partial charge is 0.392 e. The molecule has 0 radical (unpaired) electrons. The molecule has 0 bridgehead atoms. The van der Waals surface area contributed by atoms with Crippen molar-refractivity contribution < 1.29 is 18.0 Å². The molecule has 2 rings (SSSR count). The van der Waals surface area contributed by atoms with Gasteiger partial charge >= 0.3 is 6.18 Å². The molecule has 0 aromatic carbocycles. The van der Waals surface area contributed by atoms with Gasteiger partial charge < -0.3 is 10.6 Å². The fourth-order valence-electron chi connectivity index (χ4n) is 3.39. The van der Waals surface area contributed by atoms with Crippen molar-refractivity contribution in [1.82, 2.24) is 4.90 Å². The van der Waals surface area contributed by atoms with Crippen LogP contribution in [0, 0.1) is 17.8 Å². The van der Waals surface area contributed by atoms with Gasteiger partial charge in [-0.1, -0.05) is 12.8 Å². The van der Waals surface area contributed by atoms with Crippen molar-refractivity contribution in [2.24, 2.45) is 23.5 Å². The maximum atomic E-state index is 13.1. The molecule has 1 amide bonds. The topological polar surface area (TPSA) is 46.3 Å². The first-order valence-corrected chi connectivity index (χ1v) is 7.39. The summed E-state index contributed by atoms with van der Waals surface area (Å²) in [5.74, 6) is -2.39. The number of rotatable bonds is 4. The number of hydrogen-bond donors (Lipinski definition) is 1. The zero-order chi connectivity index (χ0) is 14.9. The highest BCUT2D eigenvalue weighted by molar-refractivity contribution is 5.79. The second-order valence-electron chi connectivity index (χ2n) is 6.13. The van der Waals surface area contributed by atoms with Gasteiger partial charge in [0.25, 0.3) is 0 Å². The normalized spacial score (nSPS) is 29.1. The third-order valence-corrected chi connectivity index (χ3v) is 4.76. The highest BCUT2D eigenvalue weighted by Gasteiger charge is 2.49. The fourth-order valence-corrected chi connectivity index (χ4v) is 3.39. The van der Waals surface area contributed by atoms with Crippen LogP contribution in [-0.4, -0.2) is 36.6 Å². The van der Waals surface area contributed by atoms with Crippen LogP contribution in [0.25, 0.3) is 0 Å². The molecule has 2 N–H and O–H groups in total. The maximum absolute atomic E-state index is 13.1. The summed E-state index contributed by atoms with van der Waals surface area (Å²) in [5.41, 5.74) is 5.69. The van der Waals surface area contributed by atoms with E-state index < -0.39 is 18.0 Å². The number of hydrogen-bond acceptors (Lipinski definition) is 2. The Balaban J connectivity index is 2.08. The van der Waals surface area contributed by atoms with E-state index >= 15 is 0 Å². The number of likely N-dealkylation sites (N-methyl/N-ethyl adjacent to an activating group) is 1. The Morgan fingerprint density at radius 2 is 1.85 bits per heavy atom. The van der Waals surface area contributed by atoms with Crippen LogP contribution in [0.2, 0.25) is 0 Å². The molecule has 0 spiro atoms. The molecule has 3 unspecified atom stereocenters. The summed E-state index contributed by atoms with van der Waals surface area (Å²) < 4.78 is 39.2. The standard InChI is InChI=1S/C14H23F3N2O/c1-19(12(8-18)9-6-7-9)13(20)10-4-2-3-5-11(10)14(15,16)17/h9-12H,2-8,18H2,1H3. The van der Waals surface area contributed by atoms with Crippen molar-refractivity contribution >= 4 is 5.91 Å². The molecule has 3 atom stereocenters. The van der Waals surface area contributed by atoms with E-state index in [1.165, 1.54) is 4.90 Å². The maximum Gasteiger partial charge on any atom is 0.392 e. The highest BCUT2D eigenvalue weighted by atomic mass is 19.4. The van der Waals surface area contributed by atoms with Crippen molar-refractivity contribution in [3.63, 3.8) is 0 Å². The van der Waals surface area contributed by atoms with Crippen molar-refractivity contribution in [2.75, 3.05) is 13.6 Å². The molecule has 6 heteroatoms. The van der Waals surface area contributed by atoms with E-state index in [0.29, 0.717) is 31.7 Å². The lowest BCUT2D eigenvalue weighted by molar-refractivity contribution is -0.201. The van der Waals surface area contributed by atoms with Gasteiger partial charge in [-0.3, -0.25) is 4.79 Å². The molecule has 3 nitrogen and oxygen atoms in total.